The maximum atomic E-state index is 12.8. The molecule has 2 aromatic carbocycles. The number of Topliss-reactive ketones (excluding diaryl/α,β-unsaturated/α-hetero) is 1. The maximum Gasteiger partial charge on any atom is 0.249 e. The summed E-state index contributed by atoms with van der Waals surface area (Å²) in [6.07, 6.45) is 0. The van der Waals surface area contributed by atoms with Crippen molar-refractivity contribution in [2.45, 2.75) is 0 Å². The van der Waals surface area contributed by atoms with E-state index >= 15 is 0 Å². The third-order valence-corrected chi connectivity index (χ3v) is 3.37. The number of ketones is 1. The summed E-state index contributed by atoms with van der Waals surface area (Å²) in [5, 5.41) is 11.8. The third kappa shape index (κ3) is 4.54. The number of halogens is 2. The molecule has 1 N–H and O–H groups in total. The van der Waals surface area contributed by atoms with Gasteiger partial charge in [-0.15, -0.1) is 0 Å². The van der Waals surface area contributed by atoms with E-state index in [4.69, 9.17) is 21.6 Å². The van der Waals surface area contributed by atoms with E-state index in [9.17, 15) is 14.0 Å². The summed E-state index contributed by atoms with van der Waals surface area (Å²) in [6.45, 7) is -0.486. The van der Waals surface area contributed by atoms with Crippen LogP contribution in [-0.2, 0) is 9.59 Å². The smallest absolute Gasteiger partial charge is 0.249 e. The molecule has 24 heavy (non-hydrogen) atoms. The van der Waals surface area contributed by atoms with Gasteiger partial charge in [0.2, 0.25) is 5.91 Å². The van der Waals surface area contributed by atoms with Crippen LogP contribution in [0.1, 0.15) is 0 Å². The molecule has 2 aromatic rings. The van der Waals surface area contributed by atoms with E-state index < -0.39 is 30.0 Å². The average Bonchev–Trinajstić information content (AvgIpc) is 2.57. The Bertz CT molecular complexity index is 787. The van der Waals surface area contributed by atoms with Crippen LogP contribution in [0.4, 0.5) is 10.1 Å². The minimum Gasteiger partial charge on any atom is -0.486 e. The molecule has 7 heteroatoms. The quantitative estimate of drug-likeness (QED) is 0.814. The van der Waals surface area contributed by atoms with E-state index in [0.29, 0.717) is 5.69 Å². The first-order valence-electron chi connectivity index (χ1n) is 6.87. The van der Waals surface area contributed by atoms with E-state index in [1.165, 1.54) is 24.3 Å². The second-order valence-corrected chi connectivity index (χ2v) is 5.15. The molecule has 0 aliphatic heterocycles. The van der Waals surface area contributed by atoms with Crippen LogP contribution >= 0.6 is 11.6 Å². The molecular weight excluding hydrogens is 335 g/mol. The molecule has 1 atom stereocenters. The third-order valence-electron chi connectivity index (χ3n) is 3.04. The summed E-state index contributed by atoms with van der Waals surface area (Å²) in [7, 11) is 0. The van der Waals surface area contributed by atoms with Crippen LogP contribution in [-0.4, -0.2) is 18.3 Å². The highest BCUT2D eigenvalue weighted by molar-refractivity contribution is 6.33. The van der Waals surface area contributed by atoms with Gasteiger partial charge in [0.25, 0.3) is 0 Å². The highest BCUT2D eigenvalue weighted by Crippen LogP contribution is 2.21. The van der Waals surface area contributed by atoms with Crippen molar-refractivity contribution < 1.29 is 18.7 Å². The monoisotopic (exact) mass is 346 g/mol. The number of nitrogens with one attached hydrogen (secondary N) is 1. The molecule has 122 valence electrons. The molecular formula is C17H12ClFN2O3. The zero-order valence-corrected chi connectivity index (χ0v) is 13.1. The second kappa shape index (κ2) is 8.09. The minimum absolute atomic E-state index is 0.257. The SMILES string of the molecule is N#C[C@@H](C(=O)COc1ccc(F)cc1)C(=O)Nc1ccccc1Cl. The van der Waals surface area contributed by atoms with Gasteiger partial charge in [0.1, 0.15) is 18.2 Å². The van der Waals surface area contributed by atoms with Crippen molar-refractivity contribution in [3.8, 4) is 11.8 Å². The molecule has 0 aromatic heterocycles. The molecule has 0 spiro atoms. The van der Waals surface area contributed by atoms with Gasteiger partial charge in [-0.25, -0.2) is 4.39 Å². The molecule has 0 unspecified atom stereocenters. The Kier molecular flexibility index (Phi) is 5.88. The summed E-state index contributed by atoms with van der Waals surface area (Å²) >= 11 is 5.91. The molecule has 0 saturated carbocycles. The van der Waals surface area contributed by atoms with Gasteiger partial charge in [-0.2, -0.15) is 5.26 Å². The van der Waals surface area contributed by atoms with Crippen molar-refractivity contribution in [3.63, 3.8) is 0 Å². The van der Waals surface area contributed by atoms with Crippen LogP contribution in [0.2, 0.25) is 5.02 Å². The van der Waals surface area contributed by atoms with Gasteiger partial charge >= 0.3 is 0 Å². The lowest BCUT2D eigenvalue weighted by Crippen LogP contribution is -2.32. The molecule has 0 bridgehead atoms. The van der Waals surface area contributed by atoms with Crippen molar-refractivity contribution in [2.75, 3.05) is 11.9 Å². The number of para-hydroxylation sites is 1. The Morgan fingerprint density at radius 1 is 1.21 bits per heavy atom. The van der Waals surface area contributed by atoms with Crippen LogP contribution < -0.4 is 10.1 Å². The number of nitrogens with zero attached hydrogens (tertiary/aromatic N) is 1. The van der Waals surface area contributed by atoms with Crippen molar-refractivity contribution in [1.82, 2.24) is 0 Å². The van der Waals surface area contributed by atoms with E-state index in [2.05, 4.69) is 5.32 Å². The highest BCUT2D eigenvalue weighted by atomic mass is 35.5. The van der Waals surface area contributed by atoms with Crippen molar-refractivity contribution in [2.24, 2.45) is 5.92 Å². The number of nitriles is 1. The molecule has 1 amide bonds. The van der Waals surface area contributed by atoms with Crippen LogP contribution in [0.15, 0.2) is 48.5 Å². The van der Waals surface area contributed by atoms with Crippen LogP contribution in [0.5, 0.6) is 5.75 Å². The average molecular weight is 347 g/mol. The molecule has 0 aliphatic carbocycles. The normalized spacial score (nSPS) is 11.2. The zero-order chi connectivity index (χ0) is 17.5. The van der Waals surface area contributed by atoms with Gasteiger partial charge in [0, 0.05) is 0 Å². The first kappa shape index (κ1) is 17.4. The Morgan fingerprint density at radius 3 is 2.50 bits per heavy atom. The molecule has 5 nitrogen and oxygen atoms in total. The topological polar surface area (TPSA) is 79.2 Å². The van der Waals surface area contributed by atoms with E-state index in [1.807, 2.05) is 0 Å². The van der Waals surface area contributed by atoms with Crippen LogP contribution in [0, 0.1) is 23.1 Å². The Morgan fingerprint density at radius 2 is 1.88 bits per heavy atom. The fraction of sp³-hybridized carbons (Fsp3) is 0.118. The van der Waals surface area contributed by atoms with Gasteiger partial charge in [-0.3, -0.25) is 9.59 Å². The summed E-state index contributed by atoms with van der Waals surface area (Å²) in [6, 6.07) is 13.1. The maximum absolute atomic E-state index is 12.8. The first-order valence-corrected chi connectivity index (χ1v) is 7.25. The first-order chi connectivity index (χ1) is 11.5. The number of hydrogen-bond donors (Lipinski definition) is 1. The molecule has 0 saturated heterocycles. The molecule has 0 fully saturated rings. The Balaban J connectivity index is 1.98. The standard InChI is InChI=1S/C17H12ClFN2O3/c18-14-3-1-2-4-15(14)21-17(23)13(9-20)16(22)10-24-12-7-5-11(19)6-8-12/h1-8,13H,10H2,(H,21,23)/t13-/m0/s1. The molecule has 0 aliphatic rings. The number of carbonyl (C=O) groups is 2. The number of carbonyl (C=O) groups excluding carboxylic acids is 2. The fourth-order valence-corrected chi connectivity index (χ4v) is 2.00. The van der Waals surface area contributed by atoms with E-state index in [0.717, 1.165) is 0 Å². The lowest BCUT2D eigenvalue weighted by atomic mass is 10.1. The van der Waals surface area contributed by atoms with Crippen LogP contribution in [0.25, 0.3) is 0 Å². The summed E-state index contributed by atoms with van der Waals surface area (Å²) in [4.78, 5) is 24.1. The number of ether oxygens (including phenoxy) is 1. The van der Waals surface area contributed by atoms with Gasteiger partial charge in [0.05, 0.1) is 16.8 Å². The lowest BCUT2D eigenvalue weighted by molar-refractivity contribution is -0.130. The number of rotatable bonds is 6. The number of amides is 1. The van der Waals surface area contributed by atoms with Crippen molar-refractivity contribution in [1.29, 1.82) is 5.26 Å². The molecule has 0 heterocycles. The van der Waals surface area contributed by atoms with Gasteiger partial charge in [-0.1, -0.05) is 23.7 Å². The molecule has 2 rings (SSSR count). The number of anilines is 1. The second-order valence-electron chi connectivity index (χ2n) is 4.74. The fourth-order valence-electron chi connectivity index (χ4n) is 1.81. The number of benzene rings is 2. The van der Waals surface area contributed by atoms with Crippen molar-refractivity contribution >= 4 is 29.0 Å². The highest BCUT2D eigenvalue weighted by Gasteiger charge is 2.27. The Hall–Kier alpha value is -2.91. The van der Waals surface area contributed by atoms with Crippen molar-refractivity contribution in [3.05, 3.63) is 59.4 Å². The van der Waals surface area contributed by atoms with Crippen LogP contribution in [0.3, 0.4) is 0 Å². The minimum atomic E-state index is -1.54. The van der Waals surface area contributed by atoms with Gasteiger partial charge < -0.3 is 10.1 Å². The summed E-state index contributed by atoms with van der Waals surface area (Å²) in [5.74, 6) is -3.23. The molecule has 0 radical (unpaired) electrons. The van der Waals surface area contributed by atoms with Gasteiger partial charge in [-0.05, 0) is 36.4 Å². The Labute approximate surface area is 142 Å². The number of hydrogen-bond acceptors (Lipinski definition) is 4. The predicted molar refractivity (Wildman–Crippen MR) is 86.1 cm³/mol. The summed E-state index contributed by atoms with van der Waals surface area (Å²) in [5.41, 5.74) is 0.302. The van der Waals surface area contributed by atoms with Gasteiger partial charge in [0.15, 0.2) is 11.7 Å². The van der Waals surface area contributed by atoms with E-state index in [-0.39, 0.29) is 10.8 Å². The lowest BCUT2D eigenvalue weighted by Gasteiger charge is -2.11. The van der Waals surface area contributed by atoms with E-state index in [1.54, 1.807) is 30.3 Å². The largest absolute Gasteiger partial charge is 0.486 e. The zero-order valence-electron chi connectivity index (χ0n) is 12.3. The summed E-state index contributed by atoms with van der Waals surface area (Å²) < 4.78 is 17.9. The predicted octanol–water partition coefficient (Wildman–Crippen LogP) is 3.21.